The topological polar surface area (TPSA) is 44.4 Å². The minimum atomic E-state index is -0.00767. The lowest BCUT2D eigenvalue weighted by Crippen LogP contribution is -2.31. The Kier molecular flexibility index (Phi) is 5.18. The first kappa shape index (κ1) is 14.6. The fourth-order valence-corrected chi connectivity index (χ4v) is 2.54. The Morgan fingerprint density at radius 1 is 1.50 bits per heavy atom. The van der Waals surface area contributed by atoms with E-state index in [-0.39, 0.29) is 5.91 Å². The van der Waals surface area contributed by atoms with Crippen molar-refractivity contribution < 1.29 is 4.79 Å². The summed E-state index contributed by atoms with van der Waals surface area (Å²) in [7, 11) is 2.12. The van der Waals surface area contributed by atoms with Gasteiger partial charge in [-0.05, 0) is 38.1 Å². The minimum absolute atomic E-state index is 0.00767. The lowest BCUT2D eigenvalue weighted by molar-refractivity contribution is 0.0948. The van der Waals surface area contributed by atoms with E-state index in [9.17, 15) is 4.79 Å². The maximum Gasteiger partial charge on any atom is 0.253 e. The van der Waals surface area contributed by atoms with Gasteiger partial charge >= 0.3 is 0 Å². The SMILES string of the molecule is C=CCNc1ccccc1C(=O)NC[C@@H]1CCN(C)C1. The van der Waals surface area contributed by atoms with E-state index >= 15 is 0 Å². The summed E-state index contributed by atoms with van der Waals surface area (Å²) in [4.78, 5) is 14.6. The van der Waals surface area contributed by atoms with Crippen LogP contribution in [0.2, 0.25) is 0 Å². The normalized spacial score (nSPS) is 18.8. The zero-order chi connectivity index (χ0) is 14.4. The number of nitrogens with zero attached hydrogens (tertiary/aromatic N) is 1. The molecule has 0 bridgehead atoms. The smallest absolute Gasteiger partial charge is 0.253 e. The van der Waals surface area contributed by atoms with E-state index in [0.29, 0.717) is 18.0 Å². The van der Waals surface area contributed by atoms with Crippen LogP contribution in [0.1, 0.15) is 16.8 Å². The molecule has 0 aromatic heterocycles. The third kappa shape index (κ3) is 3.84. The summed E-state index contributed by atoms with van der Waals surface area (Å²) >= 11 is 0. The van der Waals surface area contributed by atoms with Crippen molar-refractivity contribution in [1.82, 2.24) is 10.2 Å². The second-order valence-corrected chi connectivity index (χ2v) is 5.34. The number of amides is 1. The molecule has 1 heterocycles. The monoisotopic (exact) mass is 273 g/mol. The first-order valence-electron chi connectivity index (χ1n) is 7.11. The predicted octanol–water partition coefficient (Wildman–Crippen LogP) is 1.97. The van der Waals surface area contributed by atoms with Crippen LogP contribution >= 0.6 is 0 Å². The zero-order valence-corrected chi connectivity index (χ0v) is 12.1. The van der Waals surface area contributed by atoms with Gasteiger partial charge in [-0.3, -0.25) is 4.79 Å². The molecule has 1 aromatic carbocycles. The second kappa shape index (κ2) is 7.10. The van der Waals surface area contributed by atoms with Crippen molar-refractivity contribution in [2.45, 2.75) is 6.42 Å². The van der Waals surface area contributed by atoms with Gasteiger partial charge in [0.2, 0.25) is 0 Å². The first-order valence-corrected chi connectivity index (χ1v) is 7.11. The van der Waals surface area contributed by atoms with Gasteiger partial charge in [0, 0.05) is 25.3 Å². The summed E-state index contributed by atoms with van der Waals surface area (Å²) < 4.78 is 0. The van der Waals surface area contributed by atoms with Crippen molar-refractivity contribution in [2.75, 3.05) is 38.5 Å². The van der Waals surface area contributed by atoms with Crippen molar-refractivity contribution in [2.24, 2.45) is 5.92 Å². The third-order valence-electron chi connectivity index (χ3n) is 3.65. The number of likely N-dealkylation sites (tertiary alicyclic amines) is 1. The summed E-state index contributed by atoms with van der Waals surface area (Å²) in [6.45, 7) is 7.27. The Labute approximate surface area is 120 Å². The first-order chi connectivity index (χ1) is 9.70. The molecule has 1 aliphatic heterocycles. The second-order valence-electron chi connectivity index (χ2n) is 5.34. The van der Waals surface area contributed by atoms with Gasteiger partial charge in [-0.1, -0.05) is 18.2 Å². The number of nitrogens with one attached hydrogen (secondary N) is 2. The van der Waals surface area contributed by atoms with Gasteiger partial charge in [0.05, 0.1) is 5.56 Å². The van der Waals surface area contributed by atoms with Crippen LogP contribution in [0.5, 0.6) is 0 Å². The quantitative estimate of drug-likeness (QED) is 0.779. The predicted molar refractivity (Wildman–Crippen MR) is 83.1 cm³/mol. The highest BCUT2D eigenvalue weighted by atomic mass is 16.1. The number of para-hydroxylation sites is 1. The fraction of sp³-hybridized carbons (Fsp3) is 0.438. The molecule has 2 N–H and O–H groups in total. The molecular weight excluding hydrogens is 250 g/mol. The highest BCUT2D eigenvalue weighted by molar-refractivity contribution is 5.99. The molecule has 1 saturated heterocycles. The molecule has 20 heavy (non-hydrogen) atoms. The molecule has 0 radical (unpaired) electrons. The molecule has 0 aliphatic carbocycles. The number of carbonyl (C=O) groups is 1. The Morgan fingerprint density at radius 2 is 2.30 bits per heavy atom. The standard InChI is InChI=1S/C16H23N3O/c1-3-9-17-15-7-5-4-6-14(15)16(20)18-11-13-8-10-19(2)12-13/h3-7,13,17H,1,8-12H2,2H3,(H,18,20)/t13-/m0/s1. The van der Waals surface area contributed by atoms with Crippen molar-refractivity contribution in [3.05, 3.63) is 42.5 Å². The van der Waals surface area contributed by atoms with Gasteiger partial charge in [-0.25, -0.2) is 0 Å². The average molecular weight is 273 g/mol. The lowest BCUT2D eigenvalue weighted by Gasteiger charge is -2.14. The van der Waals surface area contributed by atoms with Crippen LogP contribution in [0.15, 0.2) is 36.9 Å². The zero-order valence-electron chi connectivity index (χ0n) is 12.1. The van der Waals surface area contributed by atoms with Gasteiger partial charge < -0.3 is 15.5 Å². The number of hydrogen-bond donors (Lipinski definition) is 2. The largest absolute Gasteiger partial charge is 0.381 e. The maximum atomic E-state index is 12.3. The van der Waals surface area contributed by atoms with E-state index in [4.69, 9.17) is 0 Å². The molecule has 4 nitrogen and oxygen atoms in total. The van der Waals surface area contributed by atoms with Gasteiger partial charge in [0.1, 0.15) is 0 Å². The Hall–Kier alpha value is -1.81. The summed E-state index contributed by atoms with van der Waals surface area (Å²) in [5.74, 6) is 0.559. The lowest BCUT2D eigenvalue weighted by atomic mass is 10.1. The van der Waals surface area contributed by atoms with E-state index in [2.05, 4.69) is 29.2 Å². The summed E-state index contributed by atoms with van der Waals surface area (Å²) in [5.41, 5.74) is 1.55. The van der Waals surface area contributed by atoms with Crippen molar-refractivity contribution >= 4 is 11.6 Å². The molecule has 4 heteroatoms. The van der Waals surface area contributed by atoms with Gasteiger partial charge in [0.25, 0.3) is 5.91 Å². The molecule has 1 amide bonds. The van der Waals surface area contributed by atoms with Crippen LogP contribution in [0.25, 0.3) is 0 Å². The molecule has 1 atom stereocenters. The molecule has 0 saturated carbocycles. The van der Waals surface area contributed by atoms with E-state index in [1.807, 2.05) is 24.3 Å². The van der Waals surface area contributed by atoms with E-state index < -0.39 is 0 Å². The highest BCUT2D eigenvalue weighted by Gasteiger charge is 2.20. The number of rotatable bonds is 6. The van der Waals surface area contributed by atoms with Crippen LogP contribution in [0, 0.1) is 5.92 Å². The molecule has 108 valence electrons. The number of anilines is 1. The molecular formula is C16H23N3O. The van der Waals surface area contributed by atoms with E-state index in [1.165, 1.54) is 0 Å². The minimum Gasteiger partial charge on any atom is -0.381 e. The number of carbonyl (C=O) groups excluding carboxylic acids is 1. The molecule has 1 aliphatic rings. The van der Waals surface area contributed by atoms with Crippen molar-refractivity contribution in [1.29, 1.82) is 0 Å². The molecule has 2 rings (SSSR count). The molecule has 1 aromatic rings. The number of benzene rings is 1. The van der Waals surface area contributed by atoms with Crippen molar-refractivity contribution in [3.8, 4) is 0 Å². The summed E-state index contributed by atoms with van der Waals surface area (Å²) in [5, 5.41) is 6.24. The average Bonchev–Trinajstić information content (AvgIpc) is 2.88. The Balaban J connectivity index is 1.93. The van der Waals surface area contributed by atoms with Crippen LogP contribution < -0.4 is 10.6 Å². The van der Waals surface area contributed by atoms with E-state index in [1.54, 1.807) is 6.08 Å². The molecule has 0 unspecified atom stereocenters. The highest BCUT2D eigenvalue weighted by Crippen LogP contribution is 2.16. The molecule has 0 spiro atoms. The van der Waals surface area contributed by atoms with Crippen molar-refractivity contribution in [3.63, 3.8) is 0 Å². The number of hydrogen-bond acceptors (Lipinski definition) is 3. The van der Waals surface area contributed by atoms with Crippen LogP contribution in [0.4, 0.5) is 5.69 Å². The van der Waals surface area contributed by atoms with Crippen LogP contribution in [-0.2, 0) is 0 Å². The van der Waals surface area contributed by atoms with E-state index in [0.717, 1.165) is 31.7 Å². The van der Waals surface area contributed by atoms with Crippen LogP contribution in [-0.4, -0.2) is 44.0 Å². The van der Waals surface area contributed by atoms with Gasteiger partial charge in [-0.15, -0.1) is 6.58 Å². The van der Waals surface area contributed by atoms with Gasteiger partial charge in [0.15, 0.2) is 0 Å². The van der Waals surface area contributed by atoms with Gasteiger partial charge in [-0.2, -0.15) is 0 Å². The molecule has 1 fully saturated rings. The fourth-order valence-electron chi connectivity index (χ4n) is 2.54. The Morgan fingerprint density at radius 3 is 3.00 bits per heavy atom. The third-order valence-corrected chi connectivity index (χ3v) is 3.65. The summed E-state index contributed by atoms with van der Waals surface area (Å²) in [6, 6.07) is 7.58. The Bertz CT molecular complexity index is 473. The summed E-state index contributed by atoms with van der Waals surface area (Å²) in [6.07, 6.45) is 2.94. The maximum absolute atomic E-state index is 12.3. The van der Waals surface area contributed by atoms with Crippen LogP contribution in [0.3, 0.4) is 0 Å².